The summed E-state index contributed by atoms with van der Waals surface area (Å²) in [6.07, 6.45) is 0. The SMILES string of the molecule is COc1cccc(OCCNC(=O)CSc2ccc(F)cc2)c1. The van der Waals surface area contributed by atoms with Gasteiger partial charge in [-0.3, -0.25) is 4.79 Å². The number of amides is 1. The van der Waals surface area contributed by atoms with Gasteiger partial charge in [-0.15, -0.1) is 11.8 Å². The van der Waals surface area contributed by atoms with Crippen LogP contribution < -0.4 is 14.8 Å². The lowest BCUT2D eigenvalue weighted by atomic mass is 10.3. The smallest absolute Gasteiger partial charge is 0.230 e. The summed E-state index contributed by atoms with van der Waals surface area (Å²) in [4.78, 5) is 12.6. The predicted octanol–water partition coefficient (Wildman–Crippen LogP) is 3.12. The quantitative estimate of drug-likeness (QED) is 0.595. The van der Waals surface area contributed by atoms with Gasteiger partial charge >= 0.3 is 0 Å². The van der Waals surface area contributed by atoms with Crippen LogP contribution in [0.3, 0.4) is 0 Å². The largest absolute Gasteiger partial charge is 0.497 e. The monoisotopic (exact) mass is 335 g/mol. The first-order valence-corrected chi connectivity index (χ1v) is 8.08. The van der Waals surface area contributed by atoms with E-state index in [1.54, 1.807) is 25.3 Å². The van der Waals surface area contributed by atoms with Crippen LogP contribution in [0.4, 0.5) is 4.39 Å². The lowest BCUT2D eigenvalue weighted by Gasteiger charge is -2.09. The van der Waals surface area contributed by atoms with E-state index in [9.17, 15) is 9.18 Å². The number of nitrogens with one attached hydrogen (secondary N) is 1. The first-order valence-electron chi connectivity index (χ1n) is 7.09. The minimum absolute atomic E-state index is 0.0893. The van der Waals surface area contributed by atoms with E-state index in [1.165, 1.54) is 23.9 Å². The van der Waals surface area contributed by atoms with Crippen molar-refractivity contribution in [3.05, 3.63) is 54.3 Å². The molecule has 0 unspecified atom stereocenters. The molecule has 0 aliphatic heterocycles. The summed E-state index contributed by atoms with van der Waals surface area (Å²) in [6.45, 7) is 0.792. The molecule has 0 fully saturated rings. The van der Waals surface area contributed by atoms with Crippen LogP contribution in [0.2, 0.25) is 0 Å². The summed E-state index contributed by atoms with van der Waals surface area (Å²) in [5, 5.41) is 2.77. The highest BCUT2D eigenvalue weighted by molar-refractivity contribution is 8.00. The Hall–Kier alpha value is -2.21. The normalized spacial score (nSPS) is 10.2. The molecule has 2 aromatic rings. The second-order valence-corrected chi connectivity index (χ2v) is 5.67. The number of hydrogen-bond donors (Lipinski definition) is 1. The van der Waals surface area contributed by atoms with Gasteiger partial charge in [-0.25, -0.2) is 4.39 Å². The van der Waals surface area contributed by atoms with Crippen molar-refractivity contribution in [1.29, 1.82) is 0 Å². The Morgan fingerprint density at radius 2 is 1.91 bits per heavy atom. The molecule has 1 amide bonds. The van der Waals surface area contributed by atoms with E-state index in [0.29, 0.717) is 18.9 Å². The predicted molar refractivity (Wildman–Crippen MR) is 88.6 cm³/mol. The van der Waals surface area contributed by atoms with E-state index >= 15 is 0 Å². The standard InChI is InChI=1S/C17H18FNO3S/c1-21-14-3-2-4-15(11-14)22-10-9-19-17(20)12-23-16-7-5-13(18)6-8-16/h2-8,11H,9-10,12H2,1H3,(H,19,20). The Labute approximate surface area is 139 Å². The lowest BCUT2D eigenvalue weighted by Crippen LogP contribution is -2.29. The minimum Gasteiger partial charge on any atom is -0.497 e. The number of hydrogen-bond acceptors (Lipinski definition) is 4. The van der Waals surface area contributed by atoms with Crippen LogP contribution in [-0.2, 0) is 4.79 Å². The van der Waals surface area contributed by atoms with Crippen LogP contribution in [0.15, 0.2) is 53.4 Å². The van der Waals surface area contributed by atoms with Crippen LogP contribution in [0.5, 0.6) is 11.5 Å². The van der Waals surface area contributed by atoms with E-state index in [4.69, 9.17) is 9.47 Å². The molecule has 0 saturated heterocycles. The molecule has 0 spiro atoms. The molecule has 0 atom stereocenters. The number of carbonyl (C=O) groups is 1. The van der Waals surface area contributed by atoms with Gasteiger partial charge in [0.05, 0.1) is 19.4 Å². The van der Waals surface area contributed by atoms with Gasteiger partial charge in [0.1, 0.15) is 23.9 Å². The Bertz CT molecular complexity index is 634. The number of thioether (sulfide) groups is 1. The zero-order chi connectivity index (χ0) is 16.5. The third kappa shape index (κ3) is 6.20. The summed E-state index contributed by atoms with van der Waals surface area (Å²) in [5.41, 5.74) is 0. The molecule has 0 aliphatic rings. The van der Waals surface area contributed by atoms with Crippen molar-refractivity contribution in [2.24, 2.45) is 0 Å². The van der Waals surface area contributed by atoms with E-state index in [-0.39, 0.29) is 17.5 Å². The third-order valence-electron chi connectivity index (χ3n) is 2.92. The van der Waals surface area contributed by atoms with Gasteiger partial charge in [-0.2, -0.15) is 0 Å². The van der Waals surface area contributed by atoms with Crippen LogP contribution in [0.25, 0.3) is 0 Å². The van der Waals surface area contributed by atoms with E-state index in [2.05, 4.69) is 5.32 Å². The summed E-state index contributed by atoms with van der Waals surface area (Å²) >= 11 is 1.36. The maximum atomic E-state index is 12.8. The van der Waals surface area contributed by atoms with Crippen molar-refractivity contribution in [2.75, 3.05) is 26.0 Å². The molecular formula is C17H18FNO3S. The number of rotatable bonds is 8. The average molecular weight is 335 g/mol. The second kappa shape index (κ2) is 9.05. The Balaban J connectivity index is 1.63. The van der Waals surface area contributed by atoms with Crippen LogP contribution >= 0.6 is 11.8 Å². The Kier molecular flexibility index (Phi) is 6.75. The topological polar surface area (TPSA) is 47.6 Å². The molecule has 2 rings (SSSR count). The third-order valence-corrected chi connectivity index (χ3v) is 3.93. The second-order valence-electron chi connectivity index (χ2n) is 4.62. The zero-order valence-corrected chi connectivity index (χ0v) is 13.6. The van der Waals surface area contributed by atoms with Gasteiger partial charge in [0.25, 0.3) is 0 Å². The first-order chi connectivity index (χ1) is 11.2. The van der Waals surface area contributed by atoms with E-state index < -0.39 is 0 Å². The van der Waals surface area contributed by atoms with E-state index in [0.717, 1.165) is 10.6 Å². The maximum absolute atomic E-state index is 12.8. The molecule has 0 aromatic heterocycles. The van der Waals surface area contributed by atoms with Gasteiger partial charge in [0, 0.05) is 11.0 Å². The fraction of sp³-hybridized carbons (Fsp3) is 0.235. The van der Waals surface area contributed by atoms with Crippen molar-refractivity contribution >= 4 is 17.7 Å². The average Bonchev–Trinajstić information content (AvgIpc) is 2.58. The molecule has 4 nitrogen and oxygen atoms in total. The maximum Gasteiger partial charge on any atom is 0.230 e. The molecule has 23 heavy (non-hydrogen) atoms. The highest BCUT2D eigenvalue weighted by atomic mass is 32.2. The molecule has 122 valence electrons. The first kappa shape index (κ1) is 17.1. The zero-order valence-electron chi connectivity index (χ0n) is 12.8. The van der Waals surface area contributed by atoms with Crippen LogP contribution in [0, 0.1) is 5.82 Å². The molecule has 0 radical (unpaired) electrons. The lowest BCUT2D eigenvalue weighted by molar-refractivity contribution is -0.118. The highest BCUT2D eigenvalue weighted by Crippen LogP contribution is 2.19. The van der Waals surface area contributed by atoms with Crippen molar-refractivity contribution in [3.63, 3.8) is 0 Å². The molecule has 0 saturated carbocycles. The van der Waals surface area contributed by atoms with Gasteiger partial charge in [0.2, 0.25) is 5.91 Å². The Morgan fingerprint density at radius 3 is 2.65 bits per heavy atom. The number of carbonyl (C=O) groups excluding carboxylic acids is 1. The molecule has 1 N–H and O–H groups in total. The van der Waals surface area contributed by atoms with Gasteiger partial charge in [0.15, 0.2) is 0 Å². The summed E-state index contributed by atoms with van der Waals surface area (Å²) in [6, 6.07) is 13.3. The fourth-order valence-electron chi connectivity index (χ4n) is 1.78. The van der Waals surface area contributed by atoms with Crippen LogP contribution in [0.1, 0.15) is 0 Å². The fourth-order valence-corrected chi connectivity index (χ4v) is 2.51. The summed E-state index contributed by atoms with van der Waals surface area (Å²) in [7, 11) is 1.60. The van der Waals surface area contributed by atoms with Gasteiger partial charge in [-0.05, 0) is 36.4 Å². The number of benzene rings is 2. The number of ether oxygens (including phenoxy) is 2. The van der Waals surface area contributed by atoms with E-state index in [1.807, 2.05) is 18.2 Å². The van der Waals surface area contributed by atoms with Crippen molar-refractivity contribution in [1.82, 2.24) is 5.32 Å². The molecule has 0 heterocycles. The molecular weight excluding hydrogens is 317 g/mol. The molecule has 0 bridgehead atoms. The summed E-state index contributed by atoms with van der Waals surface area (Å²) in [5.74, 6) is 1.33. The minimum atomic E-state index is -0.284. The van der Waals surface area contributed by atoms with Crippen molar-refractivity contribution < 1.29 is 18.7 Å². The van der Waals surface area contributed by atoms with Crippen molar-refractivity contribution in [3.8, 4) is 11.5 Å². The molecule has 2 aromatic carbocycles. The van der Waals surface area contributed by atoms with Crippen LogP contribution in [-0.4, -0.2) is 31.9 Å². The number of halogens is 1. The molecule has 6 heteroatoms. The van der Waals surface area contributed by atoms with Gasteiger partial charge in [-0.1, -0.05) is 6.07 Å². The van der Waals surface area contributed by atoms with Crippen molar-refractivity contribution in [2.45, 2.75) is 4.90 Å². The highest BCUT2D eigenvalue weighted by Gasteiger charge is 2.03. The number of methoxy groups -OCH3 is 1. The van der Waals surface area contributed by atoms with Gasteiger partial charge < -0.3 is 14.8 Å². The summed E-state index contributed by atoms with van der Waals surface area (Å²) < 4.78 is 23.4. The Morgan fingerprint density at radius 1 is 1.17 bits per heavy atom. The molecule has 0 aliphatic carbocycles.